The third kappa shape index (κ3) is 5.25. The van der Waals surface area contributed by atoms with E-state index < -0.39 is 23.9 Å². The molecule has 0 atom stereocenters. The molecule has 198 valence electrons. The highest BCUT2D eigenvalue weighted by molar-refractivity contribution is 6.34. The van der Waals surface area contributed by atoms with Gasteiger partial charge in [0.1, 0.15) is 0 Å². The predicted octanol–water partition coefficient (Wildman–Crippen LogP) is 6.38. The number of fused-ring (bicyclic) bond motifs is 3. The Morgan fingerprint density at radius 1 is 0.684 bits per heavy atom. The third-order valence-corrected chi connectivity index (χ3v) is 6.00. The van der Waals surface area contributed by atoms with E-state index in [4.69, 9.17) is 18.9 Å². The molecule has 0 saturated heterocycles. The fraction of sp³-hybridized carbons (Fsp3) is 0.333. The number of aryl methyl sites for hydroxylation is 1. The summed E-state index contributed by atoms with van der Waals surface area (Å²) in [7, 11) is 0. The molecule has 2 aliphatic rings. The number of carbonyl (C=O) groups is 4. The summed E-state index contributed by atoms with van der Waals surface area (Å²) in [4.78, 5) is 53.0. The number of hydrogen-bond acceptors (Lipinski definition) is 8. The Labute approximate surface area is 221 Å². The van der Waals surface area contributed by atoms with Crippen molar-refractivity contribution in [2.75, 3.05) is 13.2 Å². The summed E-state index contributed by atoms with van der Waals surface area (Å²) in [6.45, 7) is 9.66. The molecule has 2 aromatic carbocycles. The highest BCUT2D eigenvalue weighted by Crippen LogP contribution is 2.45. The van der Waals surface area contributed by atoms with Crippen molar-refractivity contribution in [3.8, 4) is 0 Å². The van der Waals surface area contributed by atoms with Gasteiger partial charge in [0.25, 0.3) is 0 Å². The van der Waals surface area contributed by atoms with Crippen molar-refractivity contribution in [3.05, 3.63) is 81.4 Å². The number of Topliss-reactive ketones (excluding diaryl/α,β-unsaturated/α-hetero) is 2. The van der Waals surface area contributed by atoms with Gasteiger partial charge in [0.2, 0.25) is 0 Å². The maximum atomic E-state index is 13.9. The smallest absolute Gasteiger partial charge is 0.434 e. The van der Waals surface area contributed by atoms with Crippen LogP contribution in [-0.4, -0.2) is 37.1 Å². The first-order chi connectivity index (χ1) is 18.1. The standard InChI is InChI=1S/C30H30O8/c1-6-18-11-12-20-22(13-18)28(38-30(34)36-15-17(4)5)24-23(26(20)32)27(37-29(33)35-14-16(2)3)21-10-8-7-9-19(21)25(24)31/h7-13,16-17H,6,14-15H2,1-5H3. The first kappa shape index (κ1) is 26.9. The zero-order valence-corrected chi connectivity index (χ0v) is 22.1. The minimum absolute atomic E-state index is 0.0580. The van der Waals surface area contributed by atoms with Gasteiger partial charge in [-0.25, -0.2) is 9.59 Å². The van der Waals surface area contributed by atoms with E-state index in [9.17, 15) is 19.2 Å². The van der Waals surface area contributed by atoms with Crippen LogP contribution in [0, 0.1) is 11.8 Å². The van der Waals surface area contributed by atoms with Crippen LogP contribution in [0.15, 0.2) is 53.6 Å². The molecular weight excluding hydrogens is 488 g/mol. The number of ketones is 2. The molecule has 2 aliphatic carbocycles. The van der Waals surface area contributed by atoms with Gasteiger partial charge in [0, 0.05) is 22.3 Å². The Morgan fingerprint density at radius 3 is 1.66 bits per heavy atom. The lowest BCUT2D eigenvalue weighted by Gasteiger charge is -2.29. The Kier molecular flexibility index (Phi) is 7.80. The zero-order valence-electron chi connectivity index (χ0n) is 22.1. The van der Waals surface area contributed by atoms with Gasteiger partial charge < -0.3 is 18.9 Å². The highest BCUT2D eigenvalue weighted by atomic mass is 16.7. The average molecular weight is 519 g/mol. The van der Waals surface area contributed by atoms with Crippen molar-refractivity contribution in [1.82, 2.24) is 0 Å². The van der Waals surface area contributed by atoms with Crippen LogP contribution in [0.5, 0.6) is 0 Å². The van der Waals surface area contributed by atoms with E-state index in [1.807, 2.05) is 34.6 Å². The second-order valence-corrected chi connectivity index (χ2v) is 9.96. The molecule has 8 heteroatoms. The van der Waals surface area contributed by atoms with Crippen LogP contribution in [0.1, 0.15) is 72.0 Å². The Balaban J connectivity index is 1.95. The molecule has 0 saturated carbocycles. The molecule has 0 spiro atoms. The van der Waals surface area contributed by atoms with Crippen LogP contribution in [0.25, 0.3) is 11.5 Å². The van der Waals surface area contributed by atoms with E-state index in [1.165, 1.54) is 0 Å². The van der Waals surface area contributed by atoms with Crippen LogP contribution >= 0.6 is 0 Å². The number of allylic oxidation sites excluding steroid dienone is 2. The lowest BCUT2D eigenvalue weighted by Crippen LogP contribution is -2.29. The molecule has 0 radical (unpaired) electrons. The maximum Gasteiger partial charge on any atom is 0.513 e. The van der Waals surface area contributed by atoms with E-state index in [0.29, 0.717) is 12.0 Å². The molecule has 0 fully saturated rings. The van der Waals surface area contributed by atoms with Crippen molar-refractivity contribution < 1.29 is 38.1 Å². The fourth-order valence-electron chi connectivity index (χ4n) is 4.18. The molecule has 0 bridgehead atoms. The summed E-state index contributed by atoms with van der Waals surface area (Å²) >= 11 is 0. The van der Waals surface area contributed by atoms with Gasteiger partial charge in [-0.1, -0.05) is 71.0 Å². The van der Waals surface area contributed by atoms with Gasteiger partial charge in [0.15, 0.2) is 23.1 Å². The summed E-state index contributed by atoms with van der Waals surface area (Å²) in [5.74, 6) is -1.20. The SMILES string of the molecule is CCc1ccc2c(c1)C(OC(=O)OCC(C)C)=C1C(=O)c3ccccc3C(OC(=O)OCC(C)C)=C1C2=O. The van der Waals surface area contributed by atoms with Gasteiger partial charge >= 0.3 is 12.3 Å². The fourth-order valence-corrected chi connectivity index (χ4v) is 4.18. The zero-order chi connectivity index (χ0) is 27.6. The average Bonchev–Trinajstić information content (AvgIpc) is 2.90. The normalized spacial score (nSPS) is 14.3. The molecule has 4 rings (SSSR count). The van der Waals surface area contributed by atoms with E-state index in [0.717, 1.165) is 5.56 Å². The molecule has 0 N–H and O–H groups in total. The Bertz CT molecular complexity index is 1380. The highest BCUT2D eigenvalue weighted by Gasteiger charge is 2.43. The van der Waals surface area contributed by atoms with E-state index in [-0.39, 0.29) is 64.4 Å². The molecule has 0 heterocycles. The molecule has 2 aromatic rings. The first-order valence-electron chi connectivity index (χ1n) is 12.6. The lowest BCUT2D eigenvalue weighted by atomic mass is 9.76. The summed E-state index contributed by atoms with van der Waals surface area (Å²) in [6, 6.07) is 11.6. The summed E-state index contributed by atoms with van der Waals surface area (Å²) in [5.41, 5.74) is 1.50. The number of ether oxygens (including phenoxy) is 4. The van der Waals surface area contributed by atoms with Crippen molar-refractivity contribution >= 4 is 35.4 Å². The molecule has 0 aliphatic heterocycles. The maximum absolute atomic E-state index is 13.9. The van der Waals surface area contributed by atoms with Gasteiger partial charge in [-0.2, -0.15) is 0 Å². The predicted molar refractivity (Wildman–Crippen MR) is 139 cm³/mol. The van der Waals surface area contributed by atoms with Crippen molar-refractivity contribution in [2.24, 2.45) is 11.8 Å². The van der Waals surface area contributed by atoms with E-state index >= 15 is 0 Å². The third-order valence-electron chi connectivity index (χ3n) is 6.00. The minimum Gasteiger partial charge on any atom is -0.434 e. The second kappa shape index (κ2) is 11.0. The molecule has 8 nitrogen and oxygen atoms in total. The Morgan fingerprint density at radius 2 is 1.16 bits per heavy atom. The largest absolute Gasteiger partial charge is 0.513 e. The van der Waals surface area contributed by atoms with Crippen LogP contribution in [0.3, 0.4) is 0 Å². The van der Waals surface area contributed by atoms with E-state index in [2.05, 4.69) is 0 Å². The lowest BCUT2D eigenvalue weighted by molar-refractivity contribution is 0.0770. The molecule has 38 heavy (non-hydrogen) atoms. The topological polar surface area (TPSA) is 105 Å². The van der Waals surface area contributed by atoms with Gasteiger partial charge in [-0.05, 0) is 29.9 Å². The number of benzene rings is 2. The second-order valence-electron chi connectivity index (χ2n) is 9.96. The Hall–Kier alpha value is -4.20. The van der Waals surface area contributed by atoms with Gasteiger partial charge in [-0.15, -0.1) is 0 Å². The first-order valence-corrected chi connectivity index (χ1v) is 12.6. The minimum atomic E-state index is -1.01. The summed E-state index contributed by atoms with van der Waals surface area (Å²) < 4.78 is 21.6. The van der Waals surface area contributed by atoms with Crippen LogP contribution < -0.4 is 0 Å². The van der Waals surface area contributed by atoms with Crippen LogP contribution in [0.4, 0.5) is 9.59 Å². The number of carbonyl (C=O) groups excluding carboxylic acids is 4. The van der Waals surface area contributed by atoms with Gasteiger partial charge in [0.05, 0.1) is 24.4 Å². The van der Waals surface area contributed by atoms with Crippen molar-refractivity contribution in [2.45, 2.75) is 41.0 Å². The molecule has 0 amide bonds. The van der Waals surface area contributed by atoms with E-state index in [1.54, 1.807) is 42.5 Å². The molecular formula is C30H30O8. The number of rotatable bonds is 7. The van der Waals surface area contributed by atoms with Crippen LogP contribution in [-0.2, 0) is 25.4 Å². The van der Waals surface area contributed by atoms with Crippen LogP contribution in [0.2, 0.25) is 0 Å². The monoisotopic (exact) mass is 518 g/mol. The number of hydrogen-bond donors (Lipinski definition) is 0. The quantitative estimate of drug-likeness (QED) is 0.389. The molecule has 0 unspecified atom stereocenters. The summed E-state index contributed by atoms with van der Waals surface area (Å²) in [6.07, 6.45) is -1.37. The summed E-state index contributed by atoms with van der Waals surface area (Å²) in [5, 5.41) is 0. The van der Waals surface area contributed by atoms with Gasteiger partial charge in [-0.3, -0.25) is 9.59 Å². The molecule has 0 aromatic heterocycles. The van der Waals surface area contributed by atoms with Crippen molar-refractivity contribution in [3.63, 3.8) is 0 Å². The van der Waals surface area contributed by atoms with Crippen molar-refractivity contribution in [1.29, 1.82) is 0 Å².